The van der Waals surface area contributed by atoms with Crippen LogP contribution in [0.1, 0.15) is 18.9 Å². The Hall–Kier alpha value is -1.44. The number of carbonyl (C=O) groups is 1. The van der Waals surface area contributed by atoms with Crippen LogP contribution in [0.2, 0.25) is 0 Å². The monoisotopic (exact) mass is 311 g/mol. The summed E-state index contributed by atoms with van der Waals surface area (Å²) in [6.45, 7) is 4.10. The van der Waals surface area contributed by atoms with Gasteiger partial charge in [-0.3, -0.25) is 4.79 Å². The Morgan fingerprint density at radius 1 is 1.33 bits per heavy atom. The van der Waals surface area contributed by atoms with E-state index in [0.717, 1.165) is 5.56 Å². The predicted molar refractivity (Wildman–Crippen MR) is 80.1 cm³/mol. The van der Waals surface area contributed by atoms with Crippen LogP contribution in [0.4, 0.5) is 0 Å². The second-order valence-corrected chi connectivity index (χ2v) is 7.14. The van der Waals surface area contributed by atoms with Gasteiger partial charge >= 0.3 is 0 Å². The van der Waals surface area contributed by atoms with Gasteiger partial charge in [-0.25, -0.2) is 8.42 Å². The highest BCUT2D eigenvalue weighted by Gasteiger charge is 2.39. The first-order chi connectivity index (χ1) is 9.87. The van der Waals surface area contributed by atoms with E-state index in [0.29, 0.717) is 13.0 Å². The van der Waals surface area contributed by atoms with Crippen LogP contribution in [0.15, 0.2) is 29.2 Å². The van der Waals surface area contributed by atoms with Crippen molar-refractivity contribution in [1.82, 2.24) is 9.62 Å². The molecule has 1 aliphatic heterocycles. The minimum absolute atomic E-state index is 0.185. The van der Waals surface area contributed by atoms with Crippen LogP contribution in [0, 0.1) is 6.92 Å². The first kappa shape index (κ1) is 15.9. The molecule has 0 spiro atoms. The van der Waals surface area contributed by atoms with Crippen molar-refractivity contribution in [1.29, 1.82) is 0 Å². The Bertz CT molecular complexity index is 613. The number of aryl methyl sites for hydroxylation is 1. The maximum atomic E-state index is 12.9. The lowest BCUT2D eigenvalue weighted by atomic mass is 10.2. The van der Waals surface area contributed by atoms with Gasteiger partial charge in [0.1, 0.15) is 6.04 Å². The summed E-state index contributed by atoms with van der Waals surface area (Å²) in [5, 5.41) is 2.72. The number of nitrogens with one attached hydrogen (secondary N) is 1. The van der Waals surface area contributed by atoms with E-state index < -0.39 is 16.1 Å². The van der Waals surface area contributed by atoms with Crippen molar-refractivity contribution in [2.75, 3.05) is 13.1 Å². The SMILES string of the molecule is Cc1ccc(S(=O)(=O)N2C(CN)CCNC(=O)C2C)cc1. The van der Waals surface area contributed by atoms with E-state index in [1.165, 1.54) is 4.31 Å². The molecule has 0 aromatic heterocycles. The minimum atomic E-state index is -3.75. The molecule has 1 aliphatic rings. The number of benzene rings is 1. The Kier molecular flexibility index (Phi) is 4.65. The second kappa shape index (κ2) is 6.13. The highest BCUT2D eigenvalue weighted by atomic mass is 32.2. The zero-order valence-corrected chi connectivity index (χ0v) is 13.1. The van der Waals surface area contributed by atoms with Gasteiger partial charge in [0.15, 0.2) is 0 Å². The van der Waals surface area contributed by atoms with Crippen LogP contribution in [-0.4, -0.2) is 43.8 Å². The van der Waals surface area contributed by atoms with Crippen molar-refractivity contribution in [3.63, 3.8) is 0 Å². The smallest absolute Gasteiger partial charge is 0.244 e. The maximum absolute atomic E-state index is 12.9. The molecule has 0 aliphatic carbocycles. The molecule has 0 radical (unpaired) electrons. The molecule has 1 amide bonds. The summed E-state index contributed by atoms with van der Waals surface area (Å²) in [6, 6.07) is 5.46. The summed E-state index contributed by atoms with van der Waals surface area (Å²) in [5.74, 6) is -0.290. The predicted octanol–water partition coefficient (Wildman–Crippen LogP) is 0.221. The van der Waals surface area contributed by atoms with Gasteiger partial charge in [-0.15, -0.1) is 0 Å². The molecule has 1 saturated heterocycles. The molecule has 3 N–H and O–H groups in total. The topological polar surface area (TPSA) is 92.5 Å². The Morgan fingerprint density at radius 2 is 1.95 bits per heavy atom. The Labute approximate surface area is 125 Å². The maximum Gasteiger partial charge on any atom is 0.244 e. The Balaban J connectivity index is 2.47. The molecule has 2 atom stereocenters. The summed E-state index contributed by atoms with van der Waals surface area (Å²) >= 11 is 0. The third-order valence-electron chi connectivity index (χ3n) is 3.77. The summed E-state index contributed by atoms with van der Waals surface area (Å²) in [7, 11) is -3.75. The van der Waals surface area contributed by atoms with Crippen molar-refractivity contribution in [2.24, 2.45) is 5.73 Å². The average molecular weight is 311 g/mol. The molecule has 6 nitrogen and oxygen atoms in total. The van der Waals surface area contributed by atoms with Gasteiger partial charge in [0.05, 0.1) is 4.90 Å². The number of amides is 1. The number of hydrogen-bond donors (Lipinski definition) is 2. The van der Waals surface area contributed by atoms with Crippen LogP contribution in [0.5, 0.6) is 0 Å². The summed E-state index contributed by atoms with van der Waals surface area (Å²) < 4.78 is 27.0. The van der Waals surface area contributed by atoms with Crippen LogP contribution in [0.3, 0.4) is 0 Å². The van der Waals surface area contributed by atoms with Crippen LogP contribution >= 0.6 is 0 Å². The van der Waals surface area contributed by atoms with Crippen molar-refractivity contribution in [3.05, 3.63) is 29.8 Å². The van der Waals surface area contributed by atoms with Crippen molar-refractivity contribution in [3.8, 4) is 0 Å². The molecule has 2 unspecified atom stereocenters. The van der Waals surface area contributed by atoms with E-state index in [-0.39, 0.29) is 23.4 Å². The van der Waals surface area contributed by atoms with E-state index in [1.807, 2.05) is 6.92 Å². The van der Waals surface area contributed by atoms with Gasteiger partial charge in [-0.2, -0.15) is 4.31 Å². The van der Waals surface area contributed by atoms with Gasteiger partial charge in [-0.1, -0.05) is 17.7 Å². The molecule has 1 heterocycles. The summed E-state index contributed by atoms with van der Waals surface area (Å²) in [5.41, 5.74) is 6.70. The molecule has 1 aromatic carbocycles. The first-order valence-electron chi connectivity index (χ1n) is 6.96. The quantitative estimate of drug-likeness (QED) is 0.835. The average Bonchev–Trinajstić information content (AvgIpc) is 2.59. The molecule has 2 rings (SSSR count). The van der Waals surface area contributed by atoms with Crippen molar-refractivity contribution in [2.45, 2.75) is 37.2 Å². The normalized spacial score (nSPS) is 24.4. The number of rotatable bonds is 3. The standard InChI is InChI=1S/C14H21N3O3S/c1-10-3-5-13(6-4-10)21(19,20)17-11(2)14(18)16-8-7-12(17)9-15/h3-6,11-12H,7-9,15H2,1-2H3,(H,16,18). The van der Waals surface area contributed by atoms with Crippen LogP contribution in [0.25, 0.3) is 0 Å². The third kappa shape index (κ3) is 3.09. The molecule has 1 fully saturated rings. The number of nitrogens with two attached hydrogens (primary N) is 1. The first-order valence-corrected chi connectivity index (χ1v) is 8.40. The minimum Gasteiger partial charge on any atom is -0.355 e. The molecule has 1 aromatic rings. The number of nitrogens with zero attached hydrogens (tertiary/aromatic N) is 1. The molecular formula is C14H21N3O3S. The zero-order chi connectivity index (χ0) is 15.6. The van der Waals surface area contributed by atoms with Crippen LogP contribution < -0.4 is 11.1 Å². The molecule has 0 saturated carbocycles. The second-order valence-electron chi connectivity index (χ2n) is 5.29. The van der Waals surface area contributed by atoms with Gasteiger partial charge in [0, 0.05) is 19.1 Å². The Morgan fingerprint density at radius 3 is 2.52 bits per heavy atom. The van der Waals surface area contributed by atoms with E-state index in [4.69, 9.17) is 5.73 Å². The van der Waals surface area contributed by atoms with Crippen LogP contribution in [-0.2, 0) is 14.8 Å². The zero-order valence-electron chi connectivity index (χ0n) is 12.2. The summed E-state index contributed by atoms with van der Waals surface area (Å²) in [4.78, 5) is 12.1. The van der Waals surface area contributed by atoms with Crippen molar-refractivity contribution < 1.29 is 13.2 Å². The highest BCUT2D eigenvalue weighted by molar-refractivity contribution is 7.89. The molecule has 0 bridgehead atoms. The van der Waals surface area contributed by atoms with E-state index in [9.17, 15) is 13.2 Å². The fourth-order valence-electron chi connectivity index (χ4n) is 2.53. The molecule has 7 heteroatoms. The van der Waals surface area contributed by atoms with E-state index in [1.54, 1.807) is 31.2 Å². The van der Waals surface area contributed by atoms with Crippen molar-refractivity contribution >= 4 is 15.9 Å². The van der Waals surface area contributed by atoms with Gasteiger partial charge in [0.2, 0.25) is 15.9 Å². The largest absolute Gasteiger partial charge is 0.355 e. The van der Waals surface area contributed by atoms with E-state index >= 15 is 0 Å². The van der Waals surface area contributed by atoms with E-state index in [2.05, 4.69) is 5.32 Å². The molecular weight excluding hydrogens is 290 g/mol. The highest BCUT2D eigenvalue weighted by Crippen LogP contribution is 2.24. The third-order valence-corrected chi connectivity index (χ3v) is 5.80. The number of carbonyl (C=O) groups excluding carboxylic acids is 1. The number of hydrogen-bond acceptors (Lipinski definition) is 4. The lowest BCUT2D eigenvalue weighted by molar-refractivity contribution is -0.123. The number of sulfonamides is 1. The summed E-state index contributed by atoms with van der Waals surface area (Å²) in [6.07, 6.45) is 0.512. The molecule has 116 valence electrons. The molecule has 21 heavy (non-hydrogen) atoms. The fourth-order valence-corrected chi connectivity index (χ4v) is 4.35. The van der Waals surface area contributed by atoms with Gasteiger partial charge in [0.25, 0.3) is 0 Å². The van der Waals surface area contributed by atoms with Gasteiger partial charge < -0.3 is 11.1 Å². The fraction of sp³-hybridized carbons (Fsp3) is 0.500. The van der Waals surface area contributed by atoms with Gasteiger partial charge in [-0.05, 0) is 32.4 Å². The lowest BCUT2D eigenvalue weighted by Crippen LogP contribution is -2.51. The lowest BCUT2D eigenvalue weighted by Gasteiger charge is -2.31.